The van der Waals surface area contributed by atoms with E-state index in [0.717, 1.165) is 5.56 Å². The molecule has 0 saturated heterocycles. The van der Waals surface area contributed by atoms with E-state index in [0.29, 0.717) is 12.1 Å². The Kier molecular flexibility index (Phi) is 4.90. The Morgan fingerprint density at radius 1 is 1.35 bits per heavy atom. The van der Waals surface area contributed by atoms with Crippen LogP contribution in [0.3, 0.4) is 0 Å². The van der Waals surface area contributed by atoms with Gasteiger partial charge in [-0.1, -0.05) is 37.3 Å². The van der Waals surface area contributed by atoms with Crippen LogP contribution < -0.4 is 10.3 Å². The monoisotopic (exact) mass is 316 g/mol. The first kappa shape index (κ1) is 16.4. The van der Waals surface area contributed by atoms with Crippen molar-refractivity contribution in [3.8, 4) is 5.75 Å². The topological polar surface area (TPSA) is 102 Å². The fourth-order valence-corrected chi connectivity index (χ4v) is 2.31. The smallest absolute Gasteiger partial charge is 0.376 e. The van der Waals surface area contributed by atoms with Crippen LogP contribution in [0.5, 0.6) is 5.75 Å². The van der Waals surface area contributed by atoms with Gasteiger partial charge < -0.3 is 9.72 Å². The number of hydrogen-bond donors (Lipinski definition) is 1. The number of benzene rings is 1. The third kappa shape index (κ3) is 3.63. The van der Waals surface area contributed by atoms with Crippen LogP contribution in [0.4, 0.5) is 5.69 Å². The summed E-state index contributed by atoms with van der Waals surface area (Å²) >= 11 is 0. The molecule has 120 valence electrons. The quantitative estimate of drug-likeness (QED) is 0.519. The van der Waals surface area contributed by atoms with Gasteiger partial charge in [0.1, 0.15) is 0 Å². The van der Waals surface area contributed by atoms with Gasteiger partial charge in [0.25, 0.3) is 0 Å². The van der Waals surface area contributed by atoms with Crippen molar-refractivity contribution >= 4 is 11.7 Å². The molecule has 7 nitrogen and oxygen atoms in total. The molecule has 1 aromatic heterocycles. The van der Waals surface area contributed by atoms with E-state index in [1.165, 1.54) is 6.07 Å². The Labute approximate surface area is 132 Å². The molecule has 0 spiro atoms. The zero-order valence-electron chi connectivity index (χ0n) is 12.7. The van der Waals surface area contributed by atoms with Crippen LogP contribution in [0, 0.1) is 17.0 Å². The van der Waals surface area contributed by atoms with Crippen molar-refractivity contribution in [2.45, 2.75) is 26.2 Å². The number of aromatic amines is 1. The number of nitrogens with zero attached hydrogens (tertiary/aromatic N) is 1. The molecule has 0 amide bonds. The Morgan fingerprint density at radius 3 is 2.57 bits per heavy atom. The van der Waals surface area contributed by atoms with Crippen molar-refractivity contribution in [3.05, 3.63) is 68.1 Å². The minimum absolute atomic E-state index is 0.337. The van der Waals surface area contributed by atoms with Gasteiger partial charge in [-0.2, -0.15) is 0 Å². The van der Waals surface area contributed by atoms with E-state index in [4.69, 9.17) is 4.74 Å². The Bertz CT molecular complexity index is 783. The average molecular weight is 316 g/mol. The summed E-state index contributed by atoms with van der Waals surface area (Å²) in [6.45, 7) is 3.37. The van der Waals surface area contributed by atoms with E-state index in [1.54, 1.807) is 31.2 Å². The van der Waals surface area contributed by atoms with Gasteiger partial charge in [0.05, 0.1) is 10.8 Å². The van der Waals surface area contributed by atoms with Crippen molar-refractivity contribution in [1.82, 2.24) is 4.98 Å². The average Bonchev–Trinajstić information content (AvgIpc) is 2.47. The van der Waals surface area contributed by atoms with Gasteiger partial charge in [0.2, 0.25) is 5.75 Å². The fraction of sp³-hybridized carbons (Fsp3) is 0.250. The predicted octanol–water partition coefficient (Wildman–Crippen LogP) is 2.69. The Morgan fingerprint density at radius 2 is 2.00 bits per heavy atom. The standard InChI is InChI=1S/C16H16N2O5/c1-3-12(11-7-5-4-6-8-11)16(20)23-13-9-10(2)17-15(19)14(13)18(21)22/h4-9,12H,3H2,1-2H3,(H,17,19)/t12-/m1/s1. The highest BCUT2D eigenvalue weighted by Crippen LogP contribution is 2.27. The fourth-order valence-electron chi connectivity index (χ4n) is 2.31. The molecular formula is C16H16N2O5. The lowest BCUT2D eigenvalue weighted by molar-refractivity contribution is -0.387. The number of pyridine rings is 1. The molecule has 0 aliphatic rings. The van der Waals surface area contributed by atoms with Crippen molar-refractivity contribution < 1.29 is 14.5 Å². The third-order valence-corrected chi connectivity index (χ3v) is 3.39. The lowest BCUT2D eigenvalue weighted by atomic mass is 9.97. The van der Waals surface area contributed by atoms with Crippen LogP contribution >= 0.6 is 0 Å². The van der Waals surface area contributed by atoms with Crippen molar-refractivity contribution in [3.63, 3.8) is 0 Å². The summed E-state index contributed by atoms with van der Waals surface area (Å²) < 4.78 is 5.18. The number of hydrogen-bond acceptors (Lipinski definition) is 5. The van der Waals surface area contributed by atoms with Crippen LogP contribution in [0.15, 0.2) is 41.2 Å². The number of nitrogens with one attached hydrogen (secondary N) is 1. The summed E-state index contributed by atoms with van der Waals surface area (Å²) in [6, 6.07) is 10.3. The minimum Gasteiger partial charge on any atom is -0.418 e. The highest BCUT2D eigenvalue weighted by Gasteiger charge is 2.27. The van der Waals surface area contributed by atoms with E-state index in [-0.39, 0.29) is 5.75 Å². The van der Waals surface area contributed by atoms with Gasteiger partial charge in [0, 0.05) is 11.8 Å². The maximum absolute atomic E-state index is 12.4. The molecule has 7 heteroatoms. The summed E-state index contributed by atoms with van der Waals surface area (Å²) in [5, 5.41) is 11.0. The third-order valence-electron chi connectivity index (χ3n) is 3.39. The number of ether oxygens (including phenoxy) is 1. The normalized spacial score (nSPS) is 11.7. The number of esters is 1. The van der Waals surface area contributed by atoms with E-state index < -0.39 is 28.1 Å². The van der Waals surface area contributed by atoms with Gasteiger partial charge in [-0.3, -0.25) is 19.7 Å². The number of carbonyl (C=O) groups is 1. The molecule has 0 saturated carbocycles. The first-order valence-electron chi connectivity index (χ1n) is 7.09. The van der Waals surface area contributed by atoms with E-state index in [9.17, 15) is 19.7 Å². The van der Waals surface area contributed by atoms with E-state index in [1.807, 2.05) is 13.0 Å². The Balaban J connectivity index is 2.36. The predicted molar refractivity (Wildman–Crippen MR) is 83.6 cm³/mol. The zero-order valence-corrected chi connectivity index (χ0v) is 12.7. The molecule has 1 N–H and O–H groups in total. The van der Waals surface area contributed by atoms with Crippen molar-refractivity contribution in [2.24, 2.45) is 0 Å². The van der Waals surface area contributed by atoms with Gasteiger partial charge in [-0.15, -0.1) is 0 Å². The number of carbonyl (C=O) groups excluding carboxylic acids is 1. The SMILES string of the molecule is CC[C@@H](C(=O)Oc1cc(C)[nH]c(=O)c1[N+](=O)[O-])c1ccccc1. The van der Waals surface area contributed by atoms with Gasteiger partial charge in [-0.05, 0) is 18.9 Å². The molecular weight excluding hydrogens is 300 g/mol. The molecule has 0 aliphatic heterocycles. The van der Waals surface area contributed by atoms with Crippen LogP contribution in [-0.2, 0) is 4.79 Å². The zero-order chi connectivity index (χ0) is 17.0. The largest absolute Gasteiger partial charge is 0.418 e. The lowest BCUT2D eigenvalue weighted by Gasteiger charge is -2.14. The lowest BCUT2D eigenvalue weighted by Crippen LogP contribution is -2.21. The molecule has 0 aliphatic carbocycles. The maximum Gasteiger partial charge on any atom is 0.376 e. The summed E-state index contributed by atoms with van der Waals surface area (Å²) in [7, 11) is 0. The number of aryl methyl sites for hydroxylation is 1. The summed E-state index contributed by atoms with van der Waals surface area (Å²) in [5.41, 5.74) is -0.544. The molecule has 1 aromatic carbocycles. The molecule has 0 fully saturated rings. The first-order valence-corrected chi connectivity index (χ1v) is 7.09. The first-order chi connectivity index (χ1) is 10.9. The number of nitro groups is 1. The molecule has 1 atom stereocenters. The number of H-pyrrole nitrogens is 1. The van der Waals surface area contributed by atoms with Crippen LogP contribution in [0.25, 0.3) is 0 Å². The van der Waals surface area contributed by atoms with Crippen LogP contribution in [0.2, 0.25) is 0 Å². The van der Waals surface area contributed by atoms with Crippen LogP contribution in [-0.4, -0.2) is 15.9 Å². The molecule has 1 heterocycles. The second kappa shape index (κ2) is 6.87. The number of aromatic nitrogens is 1. The van der Waals surface area contributed by atoms with Crippen LogP contribution in [0.1, 0.15) is 30.5 Å². The number of rotatable bonds is 5. The van der Waals surface area contributed by atoms with Crippen molar-refractivity contribution in [2.75, 3.05) is 0 Å². The maximum atomic E-state index is 12.4. The van der Waals surface area contributed by atoms with E-state index in [2.05, 4.69) is 4.98 Å². The molecule has 2 rings (SSSR count). The summed E-state index contributed by atoms with van der Waals surface area (Å²) in [4.78, 5) is 36.6. The van der Waals surface area contributed by atoms with E-state index >= 15 is 0 Å². The summed E-state index contributed by atoms with van der Waals surface area (Å²) in [6.07, 6.45) is 0.471. The van der Waals surface area contributed by atoms with Gasteiger partial charge in [0.15, 0.2) is 0 Å². The molecule has 23 heavy (non-hydrogen) atoms. The highest BCUT2D eigenvalue weighted by atomic mass is 16.6. The van der Waals surface area contributed by atoms with Gasteiger partial charge in [-0.25, -0.2) is 0 Å². The molecule has 0 bridgehead atoms. The Hall–Kier alpha value is -2.96. The van der Waals surface area contributed by atoms with Gasteiger partial charge >= 0.3 is 17.2 Å². The molecule has 0 radical (unpaired) electrons. The second-order valence-electron chi connectivity index (χ2n) is 5.04. The molecule has 0 unspecified atom stereocenters. The van der Waals surface area contributed by atoms with Crippen molar-refractivity contribution in [1.29, 1.82) is 0 Å². The minimum atomic E-state index is -0.898. The summed E-state index contributed by atoms with van der Waals surface area (Å²) in [5.74, 6) is -1.53. The molecule has 2 aromatic rings. The highest BCUT2D eigenvalue weighted by molar-refractivity contribution is 5.81. The second-order valence-corrected chi connectivity index (χ2v) is 5.04.